The van der Waals surface area contributed by atoms with Gasteiger partial charge in [0.1, 0.15) is 0 Å². The number of aliphatic hydroxyl groups excluding tert-OH is 1. The number of aliphatic hydroxyl groups is 1. The van der Waals surface area contributed by atoms with E-state index in [-0.39, 0.29) is 30.2 Å². The molecule has 0 aromatic carbocycles. The third-order valence-corrected chi connectivity index (χ3v) is 4.61. The van der Waals surface area contributed by atoms with Crippen molar-refractivity contribution in [2.24, 2.45) is 17.8 Å². The fourth-order valence-corrected chi connectivity index (χ4v) is 3.19. The quantitative estimate of drug-likeness (QED) is 0.647. The largest absolute Gasteiger partial charge is 0.481 e. The summed E-state index contributed by atoms with van der Waals surface area (Å²) in [6.45, 7) is 5.74. The van der Waals surface area contributed by atoms with E-state index < -0.39 is 23.9 Å². The fraction of sp³-hybridized carbons (Fsp3) is 0.714. The molecule has 106 valence electrons. The number of hydrogen-bond donors (Lipinski definition) is 3. The number of aliphatic carboxylic acids is 1. The molecule has 0 aromatic rings. The molecule has 0 heterocycles. The molecule has 2 aliphatic carbocycles. The summed E-state index contributed by atoms with van der Waals surface area (Å²) in [6, 6.07) is 0. The smallest absolute Gasteiger partial charge is 0.307 e. The Morgan fingerprint density at radius 3 is 2.53 bits per heavy atom. The van der Waals surface area contributed by atoms with E-state index in [4.69, 9.17) is 5.11 Å². The van der Waals surface area contributed by atoms with Gasteiger partial charge in [0.05, 0.1) is 17.9 Å². The van der Waals surface area contributed by atoms with Gasteiger partial charge in [-0.1, -0.05) is 13.0 Å². The number of amides is 1. The van der Waals surface area contributed by atoms with Crippen molar-refractivity contribution in [3.8, 4) is 0 Å². The van der Waals surface area contributed by atoms with Crippen LogP contribution in [0, 0.1) is 17.8 Å². The molecule has 2 saturated carbocycles. The highest BCUT2D eigenvalue weighted by Crippen LogP contribution is 2.47. The van der Waals surface area contributed by atoms with Crippen LogP contribution in [-0.2, 0) is 9.59 Å². The van der Waals surface area contributed by atoms with Crippen LogP contribution < -0.4 is 5.32 Å². The van der Waals surface area contributed by atoms with Gasteiger partial charge in [-0.05, 0) is 25.7 Å². The fourth-order valence-electron chi connectivity index (χ4n) is 3.19. The van der Waals surface area contributed by atoms with Gasteiger partial charge in [0.25, 0.3) is 0 Å². The summed E-state index contributed by atoms with van der Waals surface area (Å²) < 4.78 is 0. The number of hydrogen-bond acceptors (Lipinski definition) is 3. The first-order valence-electron chi connectivity index (χ1n) is 6.79. The first-order valence-corrected chi connectivity index (χ1v) is 6.79. The zero-order chi connectivity index (χ0) is 14.2. The van der Waals surface area contributed by atoms with Gasteiger partial charge < -0.3 is 15.5 Å². The maximum atomic E-state index is 12.3. The van der Waals surface area contributed by atoms with E-state index in [2.05, 4.69) is 11.9 Å². The van der Waals surface area contributed by atoms with Gasteiger partial charge in [-0.3, -0.25) is 9.59 Å². The molecular formula is C14H21NO4. The number of rotatable bonds is 5. The molecule has 5 atom stereocenters. The lowest BCUT2D eigenvalue weighted by molar-refractivity contribution is -0.146. The normalized spacial score (nSPS) is 40.7. The van der Waals surface area contributed by atoms with Gasteiger partial charge in [-0.15, -0.1) is 6.58 Å². The SMILES string of the molecule is C=C[C@@H]1C[C@@]1(CC)NC(=O)[C@@H]1C[C@@H](O)C[C@H]1C(=O)O. The molecule has 0 aliphatic heterocycles. The molecule has 0 unspecified atom stereocenters. The molecule has 5 nitrogen and oxygen atoms in total. The predicted molar refractivity (Wildman–Crippen MR) is 69.3 cm³/mol. The van der Waals surface area contributed by atoms with Crippen molar-refractivity contribution in [2.75, 3.05) is 0 Å². The third kappa shape index (κ3) is 2.52. The second-order valence-electron chi connectivity index (χ2n) is 5.72. The van der Waals surface area contributed by atoms with Gasteiger partial charge in [-0.25, -0.2) is 0 Å². The van der Waals surface area contributed by atoms with Crippen LogP contribution in [0.5, 0.6) is 0 Å². The van der Waals surface area contributed by atoms with Gasteiger partial charge >= 0.3 is 5.97 Å². The lowest BCUT2D eigenvalue weighted by atomic mass is 9.94. The highest BCUT2D eigenvalue weighted by atomic mass is 16.4. The van der Waals surface area contributed by atoms with Crippen LogP contribution in [0.4, 0.5) is 0 Å². The summed E-state index contributed by atoms with van der Waals surface area (Å²) in [4.78, 5) is 23.4. The first-order chi connectivity index (χ1) is 8.93. The molecule has 19 heavy (non-hydrogen) atoms. The van der Waals surface area contributed by atoms with E-state index >= 15 is 0 Å². The Hall–Kier alpha value is -1.36. The minimum absolute atomic E-state index is 0.164. The molecule has 0 aromatic heterocycles. The van der Waals surface area contributed by atoms with Crippen LogP contribution in [0.2, 0.25) is 0 Å². The Balaban J connectivity index is 2.03. The zero-order valence-electron chi connectivity index (χ0n) is 11.1. The highest BCUT2D eigenvalue weighted by molar-refractivity contribution is 5.86. The van der Waals surface area contributed by atoms with Crippen molar-refractivity contribution >= 4 is 11.9 Å². The Bertz CT molecular complexity index is 408. The standard InChI is InChI=1S/C14H21NO4/c1-3-8-7-14(8,4-2)15-12(17)10-5-9(16)6-11(10)13(18)19/h3,8-11,16H,1,4-7H2,2H3,(H,15,17)(H,18,19)/t8-,9-,10-,11-,14-/m1/s1. The lowest BCUT2D eigenvalue weighted by Crippen LogP contribution is -2.43. The second kappa shape index (κ2) is 4.96. The average molecular weight is 267 g/mol. The molecule has 0 saturated heterocycles. The van der Waals surface area contributed by atoms with Crippen molar-refractivity contribution in [1.29, 1.82) is 0 Å². The van der Waals surface area contributed by atoms with Gasteiger partial charge in [0.2, 0.25) is 5.91 Å². The molecule has 5 heteroatoms. The topological polar surface area (TPSA) is 86.6 Å². The Morgan fingerprint density at radius 1 is 1.42 bits per heavy atom. The molecule has 0 bridgehead atoms. The van der Waals surface area contributed by atoms with E-state index in [0.717, 1.165) is 12.8 Å². The summed E-state index contributed by atoms with van der Waals surface area (Å²) >= 11 is 0. The maximum absolute atomic E-state index is 12.3. The Morgan fingerprint density at radius 2 is 2.05 bits per heavy atom. The molecule has 0 radical (unpaired) electrons. The molecule has 2 aliphatic rings. The summed E-state index contributed by atoms with van der Waals surface area (Å²) in [5.41, 5.74) is -0.241. The van der Waals surface area contributed by atoms with Crippen LogP contribution >= 0.6 is 0 Å². The first kappa shape index (κ1) is 14.1. The second-order valence-corrected chi connectivity index (χ2v) is 5.72. The maximum Gasteiger partial charge on any atom is 0.307 e. The summed E-state index contributed by atoms with van der Waals surface area (Å²) in [6.07, 6.45) is 3.22. The Kier molecular flexibility index (Phi) is 3.67. The Labute approximate surface area is 112 Å². The number of carbonyl (C=O) groups is 2. The summed E-state index contributed by atoms with van der Waals surface area (Å²) in [5, 5.41) is 21.7. The van der Waals surface area contributed by atoms with Crippen molar-refractivity contribution in [3.63, 3.8) is 0 Å². The zero-order valence-corrected chi connectivity index (χ0v) is 11.1. The van der Waals surface area contributed by atoms with Crippen molar-refractivity contribution in [3.05, 3.63) is 12.7 Å². The van der Waals surface area contributed by atoms with Crippen LogP contribution in [0.1, 0.15) is 32.6 Å². The van der Waals surface area contributed by atoms with E-state index in [9.17, 15) is 14.7 Å². The predicted octanol–water partition coefficient (Wildman–Crippen LogP) is 0.929. The van der Waals surface area contributed by atoms with Crippen molar-refractivity contribution < 1.29 is 19.8 Å². The van der Waals surface area contributed by atoms with Crippen LogP contribution in [0.25, 0.3) is 0 Å². The van der Waals surface area contributed by atoms with Crippen LogP contribution in [-0.4, -0.2) is 33.7 Å². The number of carboxylic acids is 1. The molecule has 2 rings (SSSR count). The highest BCUT2D eigenvalue weighted by Gasteiger charge is 2.53. The monoisotopic (exact) mass is 267 g/mol. The van der Waals surface area contributed by atoms with Gasteiger partial charge in [-0.2, -0.15) is 0 Å². The van der Waals surface area contributed by atoms with Crippen LogP contribution in [0.15, 0.2) is 12.7 Å². The van der Waals surface area contributed by atoms with Crippen LogP contribution in [0.3, 0.4) is 0 Å². The number of nitrogens with one attached hydrogen (secondary N) is 1. The minimum atomic E-state index is -1.00. The van der Waals surface area contributed by atoms with E-state index in [1.807, 2.05) is 13.0 Å². The molecule has 0 spiro atoms. The van der Waals surface area contributed by atoms with E-state index in [1.165, 1.54) is 0 Å². The molecule has 1 amide bonds. The van der Waals surface area contributed by atoms with Crippen molar-refractivity contribution in [1.82, 2.24) is 5.32 Å². The summed E-state index contributed by atoms with van der Waals surface area (Å²) in [7, 11) is 0. The third-order valence-electron chi connectivity index (χ3n) is 4.61. The van der Waals surface area contributed by atoms with E-state index in [1.54, 1.807) is 0 Å². The molecular weight excluding hydrogens is 246 g/mol. The van der Waals surface area contributed by atoms with Gasteiger partial charge in [0.15, 0.2) is 0 Å². The minimum Gasteiger partial charge on any atom is -0.481 e. The van der Waals surface area contributed by atoms with Crippen molar-refractivity contribution in [2.45, 2.75) is 44.2 Å². The molecule has 3 N–H and O–H groups in total. The molecule has 2 fully saturated rings. The van der Waals surface area contributed by atoms with Gasteiger partial charge in [0, 0.05) is 11.5 Å². The van der Waals surface area contributed by atoms with E-state index in [0.29, 0.717) is 0 Å². The average Bonchev–Trinajstić information content (AvgIpc) is 2.92. The summed E-state index contributed by atoms with van der Waals surface area (Å²) in [5.74, 6) is -2.36. The lowest BCUT2D eigenvalue weighted by Gasteiger charge is -2.21. The number of carboxylic acid groups (broad SMARTS) is 1. The number of carbonyl (C=O) groups excluding carboxylic acids is 1.